The molecule has 4 nitrogen and oxygen atoms in total. The maximum absolute atomic E-state index is 13.6. The highest BCUT2D eigenvalue weighted by Crippen LogP contribution is 2.28. The Balaban J connectivity index is 1.52. The number of halogens is 1. The fraction of sp³-hybridized carbons (Fsp3) is 0.231. The molecule has 0 saturated carbocycles. The number of carbonyl (C=O) groups is 1. The SMILES string of the molecule is C#Cc1cccc(N(Cc2ccccc2)C(=O)C2CCN(c3ccc(Cl)cn3)CC2)c1. The van der Waals surface area contributed by atoms with E-state index in [1.54, 1.807) is 6.20 Å². The summed E-state index contributed by atoms with van der Waals surface area (Å²) >= 11 is 5.95. The van der Waals surface area contributed by atoms with Crippen molar-refractivity contribution in [3.05, 3.63) is 89.1 Å². The fourth-order valence-corrected chi connectivity index (χ4v) is 4.07. The van der Waals surface area contributed by atoms with E-state index in [0.29, 0.717) is 11.6 Å². The lowest BCUT2D eigenvalue weighted by Gasteiger charge is -2.35. The summed E-state index contributed by atoms with van der Waals surface area (Å²) in [6, 6.07) is 21.5. The maximum atomic E-state index is 13.6. The predicted molar refractivity (Wildman–Crippen MR) is 126 cm³/mol. The van der Waals surface area contributed by atoms with Gasteiger partial charge in [-0.2, -0.15) is 0 Å². The van der Waals surface area contributed by atoms with E-state index in [1.165, 1.54) is 0 Å². The van der Waals surface area contributed by atoms with Gasteiger partial charge in [-0.1, -0.05) is 53.9 Å². The summed E-state index contributed by atoms with van der Waals surface area (Å²) in [7, 11) is 0. The van der Waals surface area contributed by atoms with Crippen LogP contribution in [0.5, 0.6) is 0 Å². The summed E-state index contributed by atoms with van der Waals surface area (Å²) in [6.07, 6.45) is 8.82. The van der Waals surface area contributed by atoms with Crippen LogP contribution in [0.1, 0.15) is 24.0 Å². The summed E-state index contributed by atoms with van der Waals surface area (Å²) < 4.78 is 0. The van der Waals surface area contributed by atoms with Crippen LogP contribution in [0.3, 0.4) is 0 Å². The van der Waals surface area contributed by atoms with Crippen LogP contribution in [0.25, 0.3) is 0 Å². The van der Waals surface area contributed by atoms with Gasteiger partial charge in [-0.15, -0.1) is 6.42 Å². The molecule has 2 heterocycles. The summed E-state index contributed by atoms with van der Waals surface area (Å²) in [5, 5.41) is 0.625. The third-order valence-electron chi connectivity index (χ3n) is 5.65. The first-order valence-corrected chi connectivity index (χ1v) is 10.8. The van der Waals surface area contributed by atoms with Gasteiger partial charge in [0.05, 0.1) is 11.6 Å². The van der Waals surface area contributed by atoms with Gasteiger partial charge in [0, 0.05) is 36.5 Å². The fourth-order valence-electron chi connectivity index (χ4n) is 3.96. The van der Waals surface area contributed by atoms with E-state index >= 15 is 0 Å². The molecule has 0 bridgehead atoms. The van der Waals surface area contributed by atoms with Crippen LogP contribution in [-0.4, -0.2) is 24.0 Å². The van der Waals surface area contributed by atoms with Gasteiger partial charge < -0.3 is 9.80 Å². The van der Waals surface area contributed by atoms with Crippen molar-refractivity contribution < 1.29 is 4.79 Å². The Morgan fingerprint density at radius 3 is 2.55 bits per heavy atom. The molecule has 1 aromatic heterocycles. The van der Waals surface area contributed by atoms with E-state index in [9.17, 15) is 4.79 Å². The van der Waals surface area contributed by atoms with Crippen LogP contribution in [-0.2, 0) is 11.3 Å². The molecule has 0 atom stereocenters. The minimum Gasteiger partial charge on any atom is -0.357 e. The first kappa shape index (κ1) is 21.0. The van der Waals surface area contributed by atoms with E-state index in [0.717, 1.165) is 48.6 Å². The number of rotatable bonds is 5. The number of benzene rings is 2. The van der Waals surface area contributed by atoms with E-state index in [-0.39, 0.29) is 11.8 Å². The molecule has 156 valence electrons. The number of pyridine rings is 1. The van der Waals surface area contributed by atoms with Crippen molar-refractivity contribution >= 4 is 29.0 Å². The van der Waals surface area contributed by atoms with Crippen molar-refractivity contribution in [2.45, 2.75) is 19.4 Å². The first-order chi connectivity index (χ1) is 15.1. The zero-order chi connectivity index (χ0) is 21.6. The number of terminal acetylenes is 1. The van der Waals surface area contributed by atoms with Crippen LogP contribution in [0, 0.1) is 18.3 Å². The van der Waals surface area contributed by atoms with Crippen molar-refractivity contribution in [3.8, 4) is 12.3 Å². The van der Waals surface area contributed by atoms with Crippen LogP contribution >= 0.6 is 11.6 Å². The Labute approximate surface area is 188 Å². The molecule has 4 rings (SSSR count). The van der Waals surface area contributed by atoms with Crippen molar-refractivity contribution in [2.75, 3.05) is 22.9 Å². The van der Waals surface area contributed by atoms with Crippen molar-refractivity contribution in [3.63, 3.8) is 0 Å². The minimum atomic E-state index is -0.0400. The Morgan fingerprint density at radius 1 is 1.10 bits per heavy atom. The van der Waals surface area contributed by atoms with Gasteiger partial charge in [0.2, 0.25) is 5.91 Å². The lowest BCUT2D eigenvalue weighted by molar-refractivity contribution is -0.123. The van der Waals surface area contributed by atoms with Crippen LogP contribution in [0.15, 0.2) is 72.9 Å². The monoisotopic (exact) mass is 429 g/mol. The average Bonchev–Trinajstić information content (AvgIpc) is 2.83. The molecule has 1 saturated heterocycles. The van der Waals surface area contributed by atoms with Crippen molar-refractivity contribution in [1.82, 2.24) is 4.98 Å². The number of hydrogen-bond donors (Lipinski definition) is 0. The molecular formula is C26H24ClN3O. The highest BCUT2D eigenvalue weighted by atomic mass is 35.5. The van der Waals surface area contributed by atoms with Gasteiger partial charge >= 0.3 is 0 Å². The number of amides is 1. The van der Waals surface area contributed by atoms with Gasteiger partial charge in [-0.05, 0) is 48.7 Å². The predicted octanol–water partition coefficient (Wildman–Crippen LogP) is 5.17. The molecule has 0 N–H and O–H groups in total. The summed E-state index contributed by atoms with van der Waals surface area (Å²) in [5.41, 5.74) is 2.70. The number of hydrogen-bond acceptors (Lipinski definition) is 3. The van der Waals surface area contributed by atoms with Crippen LogP contribution < -0.4 is 9.80 Å². The highest BCUT2D eigenvalue weighted by Gasteiger charge is 2.30. The zero-order valence-corrected chi connectivity index (χ0v) is 18.0. The van der Waals surface area contributed by atoms with E-state index in [1.807, 2.05) is 71.6 Å². The molecule has 0 aliphatic carbocycles. The van der Waals surface area contributed by atoms with E-state index < -0.39 is 0 Å². The Bertz CT molecular complexity index is 1070. The molecule has 3 aromatic rings. The second-order valence-electron chi connectivity index (χ2n) is 7.70. The molecule has 1 aliphatic heterocycles. The summed E-state index contributed by atoms with van der Waals surface area (Å²) in [6.45, 7) is 2.09. The smallest absolute Gasteiger partial charge is 0.230 e. The normalized spacial score (nSPS) is 14.1. The zero-order valence-electron chi connectivity index (χ0n) is 17.2. The number of piperidine rings is 1. The van der Waals surface area contributed by atoms with E-state index in [4.69, 9.17) is 18.0 Å². The molecule has 5 heteroatoms. The highest BCUT2D eigenvalue weighted by molar-refractivity contribution is 6.30. The van der Waals surface area contributed by atoms with Crippen molar-refractivity contribution in [2.24, 2.45) is 5.92 Å². The average molecular weight is 430 g/mol. The molecule has 1 amide bonds. The third-order valence-corrected chi connectivity index (χ3v) is 5.88. The van der Waals surface area contributed by atoms with Gasteiger partial charge in [0.25, 0.3) is 0 Å². The Hall–Kier alpha value is -3.29. The second kappa shape index (κ2) is 9.68. The molecule has 31 heavy (non-hydrogen) atoms. The van der Waals surface area contributed by atoms with Gasteiger partial charge in [0.1, 0.15) is 5.82 Å². The Morgan fingerprint density at radius 2 is 1.87 bits per heavy atom. The number of carbonyl (C=O) groups excluding carboxylic acids is 1. The second-order valence-corrected chi connectivity index (χ2v) is 8.14. The molecule has 2 aromatic carbocycles. The minimum absolute atomic E-state index is 0.0400. The molecule has 0 radical (unpaired) electrons. The largest absolute Gasteiger partial charge is 0.357 e. The van der Waals surface area contributed by atoms with Crippen molar-refractivity contribution in [1.29, 1.82) is 0 Å². The maximum Gasteiger partial charge on any atom is 0.230 e. The number of aromatic nitrogens is 1. The first-order valence-electron chi connectivity index (χ1n) is 10.4. The van der Waals surface area contributed by atoms with Gasteiger partial charge in [-0.25, -0.2) is 4.98 Å². The Kier molecular flexibility index (Phi) is 6.54. The number of nitrogens with zero attached hydrogens (tertiary/aromatic N) is 3. The van der Waals surface area contributed by atoms with Gasteiger partial charge in [-0.3, -0.25) is 4.79 Å². The lowest BCUT2D eigenvalue weighted by atomic mass is 9.94. The van der Waals surface area contributed by atoms with E-state index in [2.05, 4.69) is 15.8 Å². The lowest BCUT2D eigenvalue weighted by Crippen LogP contribution is -2.42. The van der Waals surface area contributed by atoms with Gasteiger partial charge in [0.15, 0.2) is 0 Å². The summed E-state index contributed by atoms with van der Waals surface area (Å²) in [4.78, 5) is 22.1. The van der Waals surface area contributed by atoms with Crippen LogP contribution in [0.4, 0.5) is 11.5 Å². The number of anilines is 2. The summed E-state index contributed by atoms with van der Waals surface area (Å²) in [5.74, 6) is 3.67. The standard InChI is InChI=1S/C26H24ClN3O/c1-2-20-9-6-10-24(17-20)30(19-21-7-4-3-5-8-21)26(31)22-13-15-29(16-14-22)25-12-11-23(27)18-28-25/h1,3-12,17-18,22H,13-16,19H2. The molecule has 0 unspecified atom stereocenters. The molecule has 1 aliphatic rings. The third kappa shape index (κ3) is 5.07. The molecular weight excluding hydrogens is 406 g/mol. The quantitative estimate of drug-likeness (QED) is 0.525. The van der Waals surface area contributed by atoms with Crippen LogP contribution in [0.2, 0.25) is 5.02 Å². The molecule has 0 spiro atoms. The molecule has 1 fully saturated rings. The topological polar surface area (TPSA) is 36.4 Å².